The van der Waals surface area contributed by atoms with Crippen LogP contribution in [0.3, 0.4) is 0 Å². The number of benzene rings is 2. The lowest BCUT2D eigenvalue weighted by Crippen LogP contribution is -2.30. The third-order valence-electron chi connectivity index (χ3n) is 3.22. The van der Waals surface area contributed by atoms with Gasteiger partial charge in [0.05, 0.1) is 12.8 Å². The first-order chi connectivity index (χ1) is 11.8. The Kier molecular flexibility index (Phi) is 5.93. The summed E-state index contributed by atoms with van der Waals surface area (Å²) in [4.78, 5) is 24.2. The maximum absolute atomic E-state index is 13.5. The lowest BCUT2D eigenvalue weighted by molar-refractivity contribution is -0.123. The Morgan fingerprint density at radius 3 is 2.56 bits per heavy atom. The number of amides is 1. The predicted molar refractivity (Wildman–Crippen MR) is 87.9 cm³/mol. The summed E-state index contributed by atoms with van der Waals surface area (Å²) in [6.45, 7) is 1.29. The lowest BCUT2D eigenvalue weighted by atomic mass is 10.2. The van der Waals surface area contributed by atoms with Crippen LogP contribution < -0.4 is 10.1 Å². The molecule has 1 N–H and O–H groups in total. The highest BCUT2D eigenvalue weighted by Gasteiger charge is 2.22. The van der Waals surface area contributed by atoms with E-state index in [1.54, 1.807) is 0 Å². The van der Waals surface area contributed by atoms with Crippen molar-refractivity contribution in [3.8, 4) is 5.75 Å². The van der Waals surface area contributed by atoms with Crippen molar-refractivity contribution in [3.63, 3.8) is 0 Å². The molecule has 0 aliphatic carbocycles. The molecule has 8 heteroatoms. The molecule has 0 saturated heterocycles. The van der Waals surface area contributed by atoms with E-state index >= 15 is 0 Å². The SMILES string of the molecule is COc1ccc(Cl)cc1C(=O)O[C@@H](C)C(=O)Nc1cc(F)ccc1F. The van der Waals surface area contributed by atoms with Gasteiger partial charge in [-0.25, -0.2) is 13.6 Å². The van der Waals surface area contributed by atoms with E-state index in [1.807, 2.05) is 0 Å². The van der Waals surface area contributed by atoms with Crippen molar-refractivity contribution in [2.45, 2.75) is 13.0 Å². The molecule has 2 rings (SSSR count). The van der Waals surface area contributed by atoms with Gasteiger partial charge >= 0.3 is 5.97 Å². The molecule has 0 aliphatic rings. The minimum atomic E-state index is -1.26. The topological polar surface area (TPSA) is 64.6 Å². The van der Waals surface area contributed by atoms with Crippen LogP contribution in [-0.4, -0.2) is 25.1 Å². The minimum Gasteiger partial charge on any atom is -0.496 e. The van der Waals surface area contributed by atoms with Crippen molar-refractivity contribution in [2.24, 2.45) is 0 Å². The van der Waals surface area contributed by atoms with Crippen LogP contribution in [-0.2, 0) is 9.53 Å². The van der Waals surface area contributed by atoms with E-state index in [4.69, 9.17) is 21.1 Å². The van der Waals surface area contributed by atoms with Crippen LogP contribution in [0.4, 0.5) is 14.5 Å². The Morgan fingerprint density at radius 2 is 1.88 bits per heavy atom. The first-order valence-corrected chi connectivity index (χ1v) is 7.50. The molecule has 132 valence electrons. The molecule has 1 amide bonds. The van der Waals surface area contributed by atoms with E-state index in [1.165, 1.54) is 32.2 Å². The van der Waals surface area contributed by atoms with Gasteiger partial charge < -0.3 is 14.8 Å². The summed E-state index contributed by atoms with van der Waals surface area (Å²) in [7, 11) is 1.36. The van der Waals surface area contributed by atoms with Crippen molar-refractivity contribution in [1.82, 2.24) is 0 Å². The molecule has 0 aromatic heterocycles. The zero-order valence-corrected chi connectivity index (χ0v) is 14.1. The van der Waals surface area contributed by atoms with Crippen LogP contribution in [0, 0.1) is 11.6 Å². The molecule has 2 aromatic carbocycles. The van der Waals surface area contributed by atoms with Crippen molar-refractivity contribution in [2.75, 3.05) is 12.4 Å². The number of carbonyl (C=O) groups is 2. The first kappa shape index (κ1) is 18.7. The molecular weight excluding hydrogens is 356 g/mol. The maximum Gasteiger partial charge on any atom is 0.342 e. The van der Waals surface area contributed by atoms with Gasteiger partial charge in [-0.1, -0.05) is 11.6 Å². The average molecular weight is 370 g/mol. The normalized spacial score (nSPS) is 11.6. The fourth-order valence-electron chi connectivity index (χ4n) is 1.94. The van der Waals surface area contributed by atoms with Gasteiger partial charge in [0.25, 0.3) is 5.91 Å². The molecule has 0 saturated carbocycles. The highest BCUT2D eigenvalue weighted by molar-refractivity contribution is 6.31. The second kappa shape index (κ2) is 7.94. The van der Waals surface area contributed by atoms with E-state index in [2.05, 4.69) is 5.32 Å². The van der Waals surface area contributed by atoms with Crippen molar-refractivity contribution >= 4 is 29.2 Å². The number of esters is 1. The largest absolute Gasteiger partial charge is 0.496 e. The van der Waals surface area contributed by atoms with Crippen LogP contribution in [0.5, 0.6) is 5.75 Å². The maximum atomic E-state index is 13.5. The molecule has 0 spiro atoms. The Balaban J connectivity index is 2.09. The van der Waals surface area contributed by atoms with Gasteiger partial charge in [0, 0.05) is 11.1 Å². The molecule has 0 aliphatic heterocycles. The number of hydrogen-bond acceptors (Lipinski definition) is 4. The molecule has 0 radical (unpaired) electrons. The summed E-state index contributed by atoms with van der Waals surface area (Å²) in [5.41, 5.74) is -0.320. The number of nitrogens with one attached hydrogen (secondary N) is 1. The fourth-order valence-corrected chi connectivity index (χ4v) is 2.12. The van der Waals surface area contributed by atoms with E-state index in [0.29, 0.717) is 0 Å². The second-order valence-electron chi connectivity index (χ2n) is 5.01. The Morgan fingerprint density at radius 1 is 1.16 bits per heavy atom. The van der Waals surface area contributed by atoms with E-state index in [0.717, 1.165) is 18.2 Å². The highest BCUT2D eigenvalue weighted by atomic mass is 35.5. The van der Waals surface area contributed by atoms with Crippen LogP contribution in [0.1, 0.15) is 17.3 Å². The van der Waals surface area contributed by atoms with Crippen molar-refractivity contribution < 1.29 is 27.8 Å². The van der Waals surface area contributed by atoms with Crippen molar-refractivity contribution in [3.05, 3.63) is 58.6 Å². The minimum absolute atomic E-state index is 0.0339. The Hall–Kier alpha value is -2.67. The second-order valence-corrected chi connectivity index (χ2v) is 5.44. The highest BCUT2D eigenvalue weighted by Crippen LogP contribution is 2.24. The smallest absolute Gasteiger partial charge is 0.342 e. The zero-order valence-electron chi connectivity index (χ0n) is 13.3. The zero-order chi connectivity index (χ0) is 18.6. The summed E-state index contributed by atoms with van der Waals surface area (Å²) < 4.78 is 36.7. The predicted octanol–water partition coefficient (Wildman–Crippen LogP) is 3.81. The lowest BCUT2D eigenvalue weighted by Gasteiger charge is -2.15. The third-order valence-corrected chi connectivity index (χ3v) is 3.46. The number of carbonyl (C=O) groups excluding carboxylic acids is 2. The summed E-state index contributed by atoms with van der Waals surface area (Å²) in [5.74, 6) is -2.98. The van der Waals surface area contributed by atoms with Gasteiger partial charge in [-0.2, -0.15) is 0 Å². The summed E-state index contributed by atoms with van der Waals surface area (Å²) in [5, 5.41) is 2.44. The molecule has 0 bridgehead atoms. The molecule has 0 unspecified atom stereocenters. The third kappa shape index (κ3) is 4.67. The molecule has 25 heavy (non-hydrogen) atoms. The molecular formula is C17H14ClF2NO4. The van der Waals surface area contributed by atoms with E-state index < -0.39 is 29.6 Å². The van der Waals surface area contributed by atoms with E-state index in [-0.39, 0.29) is 22.0 Å². The Labute approximate surface area is 147 Å². The van der Waals surface area contributed by atoms with Gasteiger partial charge in [-0.3, -0.25) is 4.79 Å². The molecule has 0 fully saturated rings. The number of anilines is 1. The molecule has 5 nitrogen and oxygen atoms in total. The van der Waals surface area contributed by atoms with Crippen molar-refractivity contribution in [1.29, 1.82) is 0 Å². The average Bonchev–Trinajstić information content (AvgIpc) is 2.57. The molecule has 1 atom stereocenters. The molecule has 0 heterocycles. The van der Waals surface area contributed by atoms with Crippen LogP contribution in [0.25, 0.3) is 0 Å². The van der Waals surface area contributed by atoms with Crippen LogP contribution in [0.2, 0.25) is 5.02 Å². The number of methoxy groups -OCH3 is 1. The molecule has 2 aromatic rings. The monoisotopic (exact) mass is 369 g/mol. The van der Waals surface area contributed by atoms with Gasteiger partial charge in [-0.05, 0) is 37.3 Å². The fraction of sp³-hybridized carbons (Fsp3) is 0.176. The van der Waals surface area contributed by atoms with Gasteiger partial charge in [0.15, 0.2) is 6.10 Å². The van der Waals surface area contributed by atoms with Gasteiger partial charge in [0.2, 0.25) is 0 Å². The quantitative estimate of drug-likeness (QED) is 0.814. The number of rotatable bonds is 5. The Bertz CT molecular complexity index is 813. The summed E-state index contributed by atoms with van der Waals surface area (Å²) in [6.07, 6.45) is -1.26. The van der Waals surface area contributed by atoms with Crippen LogP contribution >= 0.6 is 11.6 Å². The number of halogens is 3. The summed E-state index contributed by atoms with van der Waals surface area (Å²) >= 11 is 5.84. The van der Waals surface area contributed by atoms with Gasteiger partial charge in [-0.15, -0.1) is 0 Å². The standard InChI is InChI=1S/C17H14ClF2NO4/c1-9(16(22)21-14-8-11(19)4-5-13(14)20)25-17(23)12-7-10(18)3-6-15(12)24-2/h3-9H,1-2H3,(H,21,22)/t9-/m0/s1. The number of ether oxygens (including phenoxy) is 2. The number of hydrogen-bond donors (Lipinski definition) is 1. The van der Waals surface area contributed by atoms with Crippen LogP contribution in [0.15, 0.2) is 36.4 Å². The van der Waals surface area contributed by atoms with Gasteiger partial charge in [0.1, 0.15) is 22.9 Å². The first-order valence-electron chi connectivity index (χ1n) is 7.12. The van der Waals surface area contributed by atoms with E-state index in [9.17, 15) is 18.4 Å². The summed E-state index contributed by atoms with van der Waals surface area (Å²) in [6, 6.07) is 6.95.